The van der Waals surface area contributed by atoms with Crippen LogP contribution in [0.1, 0.15) is 28.2 Å². The quantitative estimate of drug-likeness (QED) is 0.300. The molecule has 2 aliphatic heterocycles. The van der Waals surface area contributed by atoms with E-state index in [-0.39, 0.29) is 23.6 Å². The molecule has 0 aromatic heterocycles. The zero-order chi connectivity index (χ0) is 21.4. The summed E-state index contributed by atoms with van der Waals surface area (Å²) >= 11 is 7.15. The van der Waals surface area contributed by atoms with E-state index in [4.69, 9.17) is 17.0 Å². The van der Waals surface area contributed by atoms with Gasteiger partial charge in [0.25, 0.3) is 11.6 Å². The van der Waals surface area contributed by atoms with Gasteiger partial charge in [-0.05, 0) is 49.0 Å². The van der Waals surface area contributed by atoms with Crippen LogP contribution >= 0.6 is 24.0 Å². The van der Waals surface area contributed by atoms with Crippen molar-refractivity contribution in [2.75, 3.05) is 17.3 Å². The number of benzene rings is 2. The highest BCUT2D eigenvalue weighted by Crippen LogP contribution is 2.46. The molecular weight excluding hydrogens is 426 g/mol. The molecule has 30 heavy (non-hydrogen) atoms. The first-order chi connectivity index (χ1) is 14.4. The molecule has 8 nitrogen and oxygen atoms in total. The van der Waals surface area contributed by atoms with Crippen molar-refractivity contribution < 1.29 is 19.2 Å². The SMILES string of the molecule is CCOC(=O)c1ccc(N2C(=O)[C@@H]3CS[C@@H](c4cccc([N+](=O)[O-])c4)N3C2=S)cc1. The Hall–Kier alpha value is -2.98. The summed E-state index contributed by atoms with van der Waals surface area (Å²) in [7, 11) is 0. The summed E-state index contributed by atoms with van der Waals surface area (Å²) in [6, 6.07) is 12.5. The van der Waals surface area contributed by atoms with E-state index >= 15 is 0 Å². The van der Waals surface area contributed by atoms with Gasteiger partial charge in [0.15, 0.2) is 5.11 Å². The van der Waals surface area contributed by atoms with Gasteiger partial charge in [-0.25, -0.2) is 4.79 Å². The fourth-order valence-corrected chi connectivity index (χ4v) is 5.45. The Balaban J connectivity index is 1.60. The highest BCUT2D eigenvalue weighted by atomic mass is 32.2. The summed E-state index contributed by atoms with van der Waals surface area (Å²) in [4.78, 5) is 38.9. The van der Waals surface area contributed by atoms with Gasteiger partial charge >= 0.3 is 5.97 Å². The highest BCUT2D eigenvalue weighted by molar-refractivity contribution is 7.99. The number of hydrogen-bond donors (Lipinski definition) is 0. The van der Waals surface area contributed by atoms with Gasteiger partial charge in [0.05, 0.1) is 22.8 Å². The van der Waals surface area contributed by atoms with Crippen LogP contribution in [-0.2, 0) is 9.53 Å². The van der Waals surface area contributed by atoms with Crippen molar-refractivity contribution in [3.8, 4) is 0 Å². The minimum atomic E-state index is -0.439. The number of nitro benzene ring substituents is 1. The van der Waals surface area contributed by atoms with E-state index in [0.29, 0.717) is 22.1 Å². The number of nitrogens with zero attached hydrogens (tertiary/aromatic N) is 3. The zero-order valence-electron chi connectivity index (χ0n) is 15.9. The Kier molecular flexibility index (Phi) is 5.44. The zero-order valence-corrected chi connectivity index (χ0v) is 17.5. The van der Waals surface area contributed by atoms with Gasteiger partial charge in [-0.2, -0.15) is 0 Å². The Bertz CT molecular complexity index is 1040. The number of thiocarbonyl (C=S) groups is 1. The molecule has 0 radical (unpaired) electrons. The van der Waals surface area contributed by atoms with E-state index in [1.54, 1.807) is 43.3 Å². The molecule has 0 unspecified atom stereocenters. The number of carbonyl (C=O) groups is 2. The molecule has 154 valence electrons. The lowest BCUT2D eigenvalue weighted by molar-refractivity contribution is -0.384. The first-order valence-electron chi connectivity index (χ1n) is 9.21. The fraction of sp³-hybridized carbons (Fsp3) is 0.250. The van der Waals surface area contributed by atoms with Crippen LogP contribution in [0.3, 0.4) is 0 Å². The number of hydrogen-bond acceptors (Lipinski definition) is 7. The molecule has 2 saturated heterocycles. The van der Waals surface area contributed by atoms with Crippen molar-refractivity contribution in [1.29, 1.82) is 0 Å². The summed E-state index contributed by atoms with van der Waals surface area (Å²) in [6.45, 7) is 2.01. The molecule has 2 fully saturated rings. The van der Waals surface area contributed by atoms with Crippen LogP contribution < -0.4 is 4.90 Å². The minimum absolute atomic E-state index is 0.000554. The summed E-state index contributed by atoms with van der Waals surface area (Å²) < 4.78 is 4.98. The molecule has 2 aliphatic rings. The second-order valence-corrected chi connectivity index (χ2v) is 8.16. The molecule has 2 aromatic rings. The van der Waals surface area contributed by atoms with Crippen LogP contribution in [0.25, 0.3) is 0 Å². The fourth-order valence-electron chi connectivity index (χ4n) is 3.54. The van der Waals surface area contributed by atoms with Crippen molar-refractivity contribution in [2.45, 2.75) is 18.3 Å². The Morgan fingerprint density at radius 2 is 2.03 bits per heavy atom. The number of ether oxygens (including phenoxy) is 1. The van der Waals surface area contributed by atoms with E-state index in [0.717, 1.165) is 5.56 Å². The van der Waals surface area contributed by atoms with Crippen LogP contribution in [0.4, 0.5) is 11.4 Å². The lowest BCUT2D eigenvalue weighted by Gasteiger charge is -2.25. The topological polar surface area (TPSA) is 93.0 Å². The number of thioether (sulfide) groups is 1. The van der Waals surface area contributed by atoms with Gasteiger partial charge < -0.3 is 9.64 Å². The maximum absolute atomic E-state index is 13.1. The average molecular weight is 444 g/mol. The summed E-state index contributed by atoms with van der Waals surface area (Å²) in [5.74, 6) is -0.0459. The van der Waals surface area contributed by atoms with Crippen LogP contribution in [-0.4, -0.2) is 45.2 Å². The molecule has 1 amide bonds. The molecule has 0 bridgehead atoms. The predicted molar refractivity (Wildman–Crippen MR) is 116 cm³/mol. The number of rotatable bonds is 5. The smallest absolute Gasteiger partial charge is 0.338 e. The van der Waals surface area contributed by atoms with E-state index < -0.39 is 16.9 Å². The lowest BCUT2D eigenvalue weighted by atomic mass is 10.1. The van der Waals surface area contributed by atoms with Crippen molar-refractivity contribution >= 4 is 52.3 Å². The highest BCUT2D eigenvalue weighted by Gasteiger charge is 2.51. The minimum Gasteiger partial charge on any atom is -0.462 e. The molecule has 10 heteroatoms. The Labute approximate surface area is 181 Å². The number of anilines is 1. The predicted octanol–water partition coefficient (Wildman–Crippen LogP) is 3.52. The van der Waals surface area contributed by atoms with Crippen LogP contribution in [0, 0.1) is 10.1 Å². The molecule has 2 heterocycles. The van der Waals surface area contributed by atoms with Crippen LogP contribution in [0.5, 0.6) is 0 Å². The van der Waals surface area contributed by atoms with E-state index in [9.17, 15) is 19.7 Å². The largest absolute Gasteiger partial charge is 0.462 e. The third-order valence-corrected chi connectivity index (χ3v) is 6.64. The molecule has 0 aliphatic carbocycles. The number of nitro groups is 1. The van der Waals surface area contributed by atoms with Gasteiger partial charge in [-0.3, -0.25) is 19.8 Å². The second-order valence-electron chi connectivity index (χ2n) is 6.68. The number of esters is 1. The number of carbonyl (C=O) groups excluding carboxylic acids is 2. The average Bonchev–Trinajstić information content (AvgIpc) is 3.29. The third kappa shape index (κ3) is 3.41. The van der Waals surface area contributed by atoms with Crippen molar-refractivity contribution in [3.05, 3.63) is 69.8 Å². The molecule has 0 spiro atoms. The number of non-ortho nitro benzene ring substituents is 1. The van der Waals surface area contributed by atoms with E-state index in [1.807, 2.05) is 4.90 Å². The molecule has 0 N–H and O–H groups in total. The van der Waals surface area contributed by atoms with E-state index in [1.165, 1.54) is 28.8 Å². The lowest BCUT2D eigenvalue weighted by Crippen LogP contribution is -2.33. The second kappa shape index (κ2) is 8.04. The maximum atomic E-state index is 13.1. The van der Waals surface area contributed by atoms with E-state index in [2.05, 4.69) is 0 Å². The monoisotopic (exact) mass is 443 g/mol. The first-order valence-corrected chi connectivity index (χ1v) is 10.7. The Morgan fingerprint density at radius 3 is 2.70 bits per heavy atom. The molecule has 0 saturated carbocycles. The van der Waals surface area contributed by atoms with Crippen LogP contribution in [0.15, 0.2) is 48.5 Å². The van der Waals surface area contributed by atoms with Crippen LogP contribution in [0.2, 0.25) is 0 Å². The van der Waals surface area contributed by atoms with Crippen molar-refractivity contribution in [2.24, 2.45) is 0 Å². The molecule has 2 atom stereocenters. The number of amides is 1. The normalized spacial score (nSPS) is 20.4. The van der Waals surface area contributed by atoms with Gasteiger partial charge in [0.1, 0.15) is 11.4 Å². The standard InChI is InChI=1S/C20H17N3O5S2/c1-2-28-19(25)12-6-8-14(9-7-12)21-17(24)16-11-30-18(22(16)20(21)29)13-4-3-5-15(10-13)23(26)27/h3-10,16,18H,2,11H2,1H3/t16-,18-/m0/s1. The van der Waals surface area contributed by atoms with Gasteiger partial charge in [0, 0.05) is 17.9 Å². The van der Waals surface area contributed by atoms with Gasteiger partial charge in [-0.15, -0.1) is 11.8 Å². The Morgan fingerprint density at radius 1 is 1.30 bits per heavy atom. The molecule has 4 rings (SSSR count). The summed E-state index contributed by atoms with van der Waals surface area (Å²) in [5.41, 5.74) is 1.68. The number of fused-ring (bicyclic) bond motifs is 1. The van der Waals surface area contributed by atoms with Crippen molar-refractivity contribution in [1.82, 2.24) is 4.90 Å². The summed E-state index contributed by atoms with van der Waals surface area (Å²) in [6.07, 6.45) is 0. The van der Waals surface area contributed by atoms with Gasteiger partial charge in [-0.1, -0.05) is 12.1 Å². The van der Waals surface area contributed by atoms with Crippen molar-refractivity contribution in [3.63, 3.8) is 0 Å². The summed E-state index contributed by atoms with van der Waals surface area (Å²) in [5, 5.41) is 11.2. The first kappa shape index (κ1) is 20.3. The molecular formula is C20H17N3O5S2. The maximum Gasteiger partial charge on any atom is 0.338 e. The molecule has 2 aromatic carbocycles. The van der Waals surface area contributed by atoms with Gasteiger partial charge in [0.2, 0.25) is 0 Å². The third-order valence-electron chi connectivity index (χ3n) is 4.92.